The van der Waals surface area contributed by atoms with Crippen molar-refractivity contribution in [3.63, 3.8) is 0 Å². The van der Waals surface area contributed by atoms with Crippen LogP contribution in [0.25, 0.3) is 0 Å². The summed E-state index contributed by atoms with van der Waals surface area (Å²) < 4.78 is 5.01. The fourth-order valence-corrected chi connectivity index (χ4v) is 1.61. The van der Waals surface area contributed by atoms with Crippen molar-refractivity contribution in [2.45, 2.75) is 39.8 Å². The van der Waals surface area contributed by atoms with Crippen molar-refractivity contribution in [2.75, 3.05) is 26.8 Å². The number of rotatable bonds is 7. The molecule has 2 unspecified atom stereocenters. The molecular formula is C11H24N2O2. The van der Waals surface area contributed by atoms with E-state index in [9.17, 15) is 4.79 Å². The lowest BCUT2D eigenvalue weighted by Crippen LogP contribution is -2.48. The number of likely N-dealkylation sites (N-methyl/N-ethyl adjacent to an activating group) is 1. The minimum absolute atomic E-state index is 0.143. The lowest BCUT2D eigenvalue weighted by molar-refractivity contribution is -0.132. The monoisotopic (exact) mass is 216 g/mol. The van der Waals surface area contributed by atoms with Crippen LogP contribution in [0, 0.1) is 0 Å². The molecule has 1 amide bonds. The predicted octanol–water partition coefficient (Wildman–Crippen LogP) is 0.868. The van der Waals surface area contributed by atoms with Crippen molar-refractivity contribution >= 4 is 5.91 Å². The SMILES string of the molecule is CCN(CC)C(=O)C(C)NC(C)COC. The first-order chi connectivity index (χ1) is 7.06. The molecule has 0 heterocycles. The Balaban J connectivity index is 4.07. The maximum Gasteiger partial charge on any atom is 0.239 e. The molecule has 15 heavy (non-hydrogen) atoms. The molecular weight excluding hydrogens is 192 g/mol. The standard InChI is InChI=1S/C11H24N2O2/c1-6-13(7-2)11(14)10(4)12-9(3)8-15-5/h9-10,12H,6-8H2,1-5H3. The minimum Gasteiger partial charge on any atom is -0.383 e. The molecule has 1 N–H and O–H groups in total. The van der Waals surface area contributed by atoms with E-state index < -0.39 is 0 Å². The summed E-state index contributed by atoms with van der Waals surface area (Å²) in [7, 11) is 1.66. The first-order valence-electron chi connectivity index (χ1n) is 5.60. The number of amides is 1. The summed E-state index contributed by atoms with van der Waals surface area (Å²) in [5.41, 5.74) is 0. The summed E-state index contributed by atoms with van der Waals surface area (Å²) in [4.78, 5) is 13.7. The normalized spacial score (nSPS) is 14.7. The molecule has 0 aromatic rings. The van der Waals surface area contributed by atoms with Gasteiger partial charge >= 0.3 is 0 Å². The molecule has 0 aromatic carbocycles. The van der Waals surface area contributed by atoms with Crippen LogP contribution in [0.4, 0.5) is 0 Å². The zero-order valence-electron chi connectivity index (χ0n) is 10.5. The van der Waals surface area contributed by atoms with E-state index in [1.54, 1.807) is 7.11 Å². The molecule has 0 saturated carbocycles. The van der Waals surface area contributed by atoms with Gasteiger partial charge in [-0.3, -0.25) is 4.79 Å². The Labute approximate surface area is 93.0 Å². The Kier molecular flexibility index (Phi) is 7.34. The highest BCUT2D eigenvalue weighted by Gasteiger charge is 2.19. The van der Waals surface area contributed by atoms with E-state index in [4.69, 9.17) is 4.74 Å². The number of nitrogens with one attached hydrogen (secondary N) is 1. The highest BCUT2D eigenvalue weighted by atomic mass is 16.5. The molecule has 0 radical (unpaired) electrons. The highest BCUT2D eigenvalue weighted by Crippen LogP contribution is 1.96. The number of methoxy groups -OCH3 is 1. The maximum absolute atomic E-state index is 11.9. The van der Waals surface area contributed by atoms with E-state index in [0.717, 1.165) is 13.1 Å². The van der Waals surface area contributed by atoms with Crippen LogP contribution in [0.1, 0.15) is 27.7 Å². The fraction of sp³-hybridized carbons (Fsp3) is 0.909. The van der Waals surface area contributed by atoms with Crippen LogP contribution in [0.3, 0.4) is 0 Å². The molecule has 0 aromatic heterocycles. The first-order valence-corrected chi connectivity index (χ1v) is 5.60. The summed E-state index contributed by atoms with van der Waals surface area (Å²) in [6.07, 6.45) is 0. The second-order valence-electron chi connectivity index (χ2n) is 3.76. The molecule has 0 aliphatic heterocycles. The van der Waals surface area contributed by atoms with Crippen molar-refractivity contribution in [3.8, 4) is 0 Å². The van der Waals surface area contributed by atoms with E-state index in [1.165, 1.54) is 0 Å². The van der Waals surface area contributed by atoms with Gasteiger partial charge < -0.3 is 15.0 Å². The smallest absolute Gasteiger partial charge is 0.239 e. The summed E-state index contributed by atoms with van der Waals surface area (Å²) in [6.45, 7) is 10.0. The summed E-state index contributed by atoms with van der Waals surface area (Å²) >= 11 is 0. The third kappa shape index (κ3) is 5.14. The van der Waals surface area contributed by atoms with Gasteiger partial charge in [-0.15, -0.1) is 0 Å². The molecule has 2 atom stereocenters. The van der Waals surface area contributed by atoms with Crippen molar-refractivity contribution in [1.29, 1.82) is 0 Å². The number of carbonyl (C=O) groups excluding carboxylic acids is 1. The lowest BCUT2D eigenvalue weighted by atomic mass is 10.2. The zero-order valence-corrected chi connectivity index (χ0v) is 10.5. The van der Waals surface area contributed by atoms with Crippen molar-refractivity contribution in [1.82, 2.24) is 10.2 Å². The van der Waals surface area contributed by atoms with E-state index >= 15 is 0 Å². The molecule has 4 nitrogen and oxygen atoms in total. The number of carbonyl (C=O) groups is 1. The van der Waals surface area contributed by atoms with Crippen LogP contribution in [-0.4, -0.2) is 49.7 Å². The largest absolute Gasteiger partial charge is 0.383 e. The molecule has 0 spiro atoms. The van der Waals surface area contributed by atoms with Gasteiger partial charge in [-0.1, -0.05) is 0 Å². The van der Waals surface area contributed by atoms with Gasteiger partial charge in [0.1, 0.15) is 0 Å². The lowest BCUT2D eigenvalue weighted by Gasteiger charge is -2.25. The molecule has 4 heteroatoms. The third-order valence-electron chi connectivity index (χ3n) is 2.40. The van der Waals surface area contributed by atoms with E-state index in [0.29, 0.717) is 6.61 Å². The maximum atomic E-state index is 11.9. The fourth-order valence-electron chi connectivity index (χ4n) is 1.61. The van der Waals surface area contributed by atoms with Crippen LogP contribution in [0.15, 0.2) is 0 Å². The summed E-state index contributed by atoms with van der Waals surface area (Å²) in [5.74, 6) is 0.156. The Hall–Kier alpha value is -0.610. The van der Waals surface area contributed by atoms with Crippen molar-refractivity contribution in [2.24, 2.45) is 0 Å². The number of hydrogen-bond acceptors (Lipinski definition) is 3. The Morgan fingerprint density at radius 2 is 1.87 bits per heavy atom. The average Bonchev–Trinajstić information content (AvgIpc) is 2.19. The zero-order chi connectivity index (χ0) is 11.8. The predicted molar refractivity (Wildman–Crippen MR) is 61.9 cm³/mol. The van der Waals surface area contributed by atoms with Gasteiger partial charge in [0.05, 0.1) is 12.6 Å². The number of nitrogens with zero attached hydrogens (tertiary/aromatic N) is 1. The number of ether oxygens (including phenoxy) is 1. The van der Waals surface area contributed by atoms with E-state index in [-0.39, 0.29) is 18.0 Å². The quantitative estimate of drug-likeness (QED) is 0.686. The first kappa shape index (κ1) is 14.4. The molecule has 0 rings (SSSR count). The minimum atomic E-state index is -0.143. The summed E-state index contributed by atoms with van der Waals surface area (Å²) in [5, 5.41) is 3.21. The van der Waals surface area contributed by atoms with Crippen molar-refractivity contribution < 1.29 is 9.53 Å². The van der Waals surface area contributed by atoms with E-state index in [1.807, 2.05) is 32.6 Å². The average molecular weight is 216 g/mol. The molecule has 0 bridgehead atoms. The van der Waals surface area contributed by atoms with Crippen molar-refractivity contribution in [3.05, 3.63) is 0 Å². The highest BCUT2D eigenvalue weighted by molar-refractivity contribution is 5.81. The Bertz CT molecular complexity index is 181. The van der Waals surface area contributed by atoms with Crippen LogP contribution in [0.5, 0.6) is 0 Å². The third-order valence-corrected chi connectivity index (χ3v) is 2.40. The Morgan fingerprint density at radius 1 is 1.33 bits per heavy atom. The van der Waals surface area contributed by atoms with Gasteiger partial charge in [-0.05, 0) is 27.7 Å². The van der Waals surface area contributed by atoms with Gasteiger partial charge in [0, 0.05) is 26.2 Å². The van der Waals surface area contributed by atoms with Gasteiger partial charge in [0.15, 0.2) is 0 Å². The van der Waals surface area contributed by atoms with Gasteiger partial charge in [0.25, 0.3) is 0 Å². The molecule has 90 valence electrons. The molecule has 0 aliphatic carbocycles. The van der Waals surface area contributed by atoms with Crippen LogP contribution < -0.4 is 5.32 Å². The molecule has 0 saturated heterocycles. The van der Waals surface area contributed by atoms with Gasteiger partial charge in [-0.25, -0.2) is 0 Å². The summed E-state index contributed by atoms with van der Waals surface area (Å²) in [6, 6.07) is 0.0552. The van der Waals surface area contributed by atoms with Crippen LogP contribution >= 0.6 is 0 Å². The van der Waals surface area contributed by atoms with Gasteiger partial charge in [0.2, 0.25) is 5.91 Å². The number of hydrogen-bond donors (Lipinski definition) is 1. The second kappa shape index (κ2) is 7.65. The molecule has 0 fully saturated rings. The van der Waals surface area contributed by atoms with Crippen LogP contribution in [-0.2, 0) is 9.53 Å². The second-order valence-corrected chi connectivity index (χ2v) is 3.76. The topological polar surface area (TPSA) is 41.6 Å². The Morgan fingerprint density at radius 3 is 2.27 bits per heavy atom. The molecule has 0 aliphatic rings. The van der Waals surface area contributed by atoms with E-state index in [2.05, 4.69) is 5.32 Å². The van der Waals surface area contributed by atoms with Gasteiger partial charge in [-0.2, -0.15) is 0 Å². The van der Waals surface area contributed by atoms with Crippen LogP contribution in [0.2, 0.25) is 0 Å².